The van der Waals surface area contributed by atoms with Crippen molar-refractivity contribution in [2.45, 2.75) is 51.4 Å². The molecule has 1 atom stereocenters. The van der Waals surface area contributed by atoms with Crippen LogP contribution in [0.4, 0.5) is 0 Å². The van der Waals surface area contributed by atoms with E-state index in [1.807, 2.05) is 31.2 Å². The molecule has 2 aromatic heterocycles. The molecule has 0 saturated carbocycles. The SMILES string of the molecule is CCC(CC)Oc1cc(Oc2ccc(C)nc2)cc2cc(C3=NCC(CCO)S3)[nH]c12. The molecule has 6 nitrogen and oxygen atoms in total. The number of rotatable bonds is 9. The Bertz CT molecular complexity index is 1060. The highest BCUT2D eigenvalue weighted by Crippen LogP contribution is 2.36. The molecule has 164 valence electrons. The molecular weight excluding hydrogens is 410 g/mol. The van der Waals surface area contributed by atoms with Gasteiger partial charge in [0.15, 0.2) is 0 Å². The number of aliphatic imine (C=N–C) groups is 1. The van der Waals surface area contributed by atoms with Crippen molar-refractivity contribution in [1.82, 2.24) is 9.97 Å². The minimum Gasteiger partial charge on any atom is -0.488 e. The number of fused-ring (bicyclic) bond motifs is 1. The molecule has 31 heavy (non-hydrogen) atoms. The fourth-order valence-electron chi connectivity index (χ4n) is 3.60. The highest BCUT2D eigenvalue weighted by molar-refractivity contribution is 8.15. The van der Waals surface area contributed by atoms with E-state index in [0.717, 1.165) is 58.9 Å². The van der Waals surface area contributed by atoms with Gasteiger partial charge in [-0.1, -0.05) is 25.6 Å². The van der Waals surface area contributed by atoms with Gasteiger partial charge in [0.2, 0.25) is 0 Å². The van der Waals surface area contributed by atoms with Gasteiger partial charge in [-0.3, -0.25) is 9.98 Å². The normalized spacial score (nSPS) is 16.2. The van der Waals surface area contributed by atoms with E-state index in [2.05, 4.69) is 34.9 Å². The number of benzene rings is 1. The highest BCUT2D eigenvalue weighted by Gasteiger charge is 2.23. The molecule has 1 aromatic carbocycles. The third kappa shape index (κ3) is 5.05. The third-order valence-electron chi connectivity index (χ3n) is 5.39. The average molecular weight is 440 g/mol. The Kier molecular flexibility index (Phi) is 6.83. The second kappa shape index (κ2) is 9.75. The Morgan fingerprint density at radius 2 is 2.03 bits per heavy atom. The first-order valence-corrected chi connectivity index (χ1v) is 11.7. The number of hydrogen-bond acceptors (Lipinski definition) is 6. The van der Waals surface area contributed by atoms with Gasteiger partial charge in [-0.05, 0) is 50.5 Å². The number of aromatic nitrogens is 2. The molecule has 0 radical (unpaired) electrons. The van der Waals surface area contributed by atoms with E-state index >= 15 is 0 Å². The van der Waals surface area contributed by atoms with Gasteiger partial charge in [0, 0.05) is 29.0 Å². The largest absolute Gasteiger partial charge is 0.488 e. The van der Waals surface area contributed by atoms with Crippen LogP contribution in [-0.2, 0) is 0 Å². The van der Waals surface area contributed by atoms with Crippen LogP contribution in [0.5, 0.6) is 17.2 Å². The summed E-state index contributed by atoms with van der Waals surface area (Å²) in [5.74, 6) is 2.18. The molecule has 7 heteroatoms. The fraction of sp³-hybridized carbons (Fsp3) is 0.417. The van der Waals surface area contributed by atoms with E-state index in [-0.39, 0.29) is 12.7 Å². The zero-order chi connectivity index (χ0) is 21.8. The first-order valence-electron chi connectivity index (χ1n) is 10.9. The standard InChI is InChI=1S/C24H29N3O3S/c1-4-17(5-2)30-22-12-19(29-18-7-6-15(3)25-13-18)10-16-11-21(27-23(16)22)24-26-14-20(31-24)8-9-28/h6-7,10-13,17,20,27-28H,4-5,8-9,14H2,1-3H3. The van der Waals surface area contributed by atoms with Crippen molar-refractivity contribution in [3.05, 3.63) is 47.9 Å². The van der Waals surface area contributed by atoms with Crippen LogP contribution >= 0.6 is 11.8 Å². The van der Waals surface area contributed by atoms with E-state index < -0.39 is 0 Å². The molecule has 3 aromatic rings. The van der Waals surface area contributed by atoms with Crippen molar-refractivity contribution in [1.29, 1.82) is 0 Å². The summed E-state index contributed by atoms with van der Waals surface area (Å²) in [7, 11) is 0. The summed E-state index contributed by atoms with van der Waals surface area (Å²) >= 11 is 1.72. The molecule has 1 unspecified atom stereocenters. The summed E-state index contributed by atoms with van der Waals surface area (Å²) in [6.07, 6.45) is 4.49. The topological polar surface area (TPSA) is 79.7 Å². The zero-order valence-corrected chi connectivity index (χ0v) is 19.0. The van der Waals surface area contributed by atoms with Crippen molar-refractivity contribution in [2.24, 2.45) is 4.99 Å². The average Bonchev–Trinajstić information content (AvgIpc) is 3.41. The fourth-order valence-corrected chi connectivity index (χ4v) is 4.67. The molecule has 0 spiro atoms. The number of aliphatic hydroxyl groups is 1. The predicted molar refractivity (Wildman–Crippen MR) is 127 cm³/mol. The Morgan fingerprint density at radius 3 is 2.74 bits per heavy atom. The van der Waals surface area contributed by atoms with Gasteiger partial charge in [-0.15, -0.1) is 0 Å². The summed E-state index contributed by atoms with van der Waals surface area (Å²) in [6.45, 7) is 7.15. The summed E-state index contributed by atoms with van der Waals surface area (Å²) in [6, 6.07) is 9.91. The van der Waals surface area contributed by atoms with E-state index in [1.165, 1.54) is 0 Å². The number of thioether (sulfide) groups is 1. The van der Waals surface area contributed by atoms with E-state index in [4.69, 9.17) is 9.47 Å². The van der Waals surface area contributed by atoms with Gasteiger partial charge >= 0.3 is 0 Å². The van der Waals surface area contributed by atoms with Gasteiger partial charge in [-0.2, -0.15) is 0 Å². The monoisotopic (exact) mass is 439 g/mol. The zero-order valence-electron chi connectivity index (χ0n) is 18.2. The lowest BCUT2D eigenvalue weighted by Gasteiger charge is -2.17. The second-order valence-electron chi connectivity index (χ2n) is 7.76. The summed E-state index contributed by atoms with van der Waals surface area (Å²) in [5.41, 5.74) is 2.87. The van der Waals surface area contributed by atoms with Gasteiger partial charge in [0.1, 0.15) is 22.3 Å². The second-order valence-corrected chi connectivity index (χ2v) is 9.05. The van der Waals surface area contributed by atoms with Gasteiger partial charge < -0.3 is 19.6 Å². The maximum absolute atomic E-state index is 9.22. The van der Waals surface area contributed by atoms with Crippen molar-refractivity contribution in [3.63, 3.8) is 0 Å². The molecule has 2 N–H and O–H groups in total. The van der Waals surface area contributed by atoms with Gasteiger partial charge in [0.05, 0.1) is 30.1 Å². The van der Waals surface area contributed by atoms with Gasteiger partial charge in [-0.25, -0.2) is 0 Å². The van der Waals surface area contributed by atoms with E-state index in [1.54, 1.807) is 18.0 Å². The van der Waals surface area contributed by atoms with Crippen molar-refractivity contribution in [2.75, 3.05) is 13.2 Å². The number of aliphatic hydroxyl groups excluding tert-OH is 1. The maximum atomic E-state index is 9.22. The van der Waals surface area contributed by atoms with Crippen molar-refractivity contribution < 1.29 is 14.6 Å². The van der Waals surface area contributed by atoms with Gasteiger partial charge in [0.25, 0.3) is 0 Å². The van der Waals surface area contributed by atoms with Crippen LogP contribution in [0.2, 0.25) is 0 Å². The van der Waals surface area contributed by atoms with Crippen LogP contribution in [0.15, 0.2) is 41.5 Å². The Morgan fingerprint density at radius 1 is 1.19 bits per heavy atom. The molecule has 3 heterocycles. The van der Waals surface area contributed by atoms with Crippen LogP contribution in [0, 0.1) is 6.92 Å². The molecular formula is C24H29N3O3S. The number of aromatic amines is 1. The van der Waals surface area contributed by atoms with Crippen LogP contribution in [0.1, 0.15) is 44.5 Å². The summed E-state index contributed by atoms with van der Waals surface area (Å²) in [5, 5.41) is 11.6. The minimum absolute atomic E-state index is 0.137. The number of nitrogens with one attached hydrogen (secondary N) is 1. The Labute approximate surface area is 187 Å². The lowest BCUT2D eigenvalue weighted by atomic mass is 10.2. The first kappa shape index (κ1) is 21.7. The molecule has 0 saturated heterocycles. The maximum Gasteiger partial charge on any atom is 0.147 e. The Balaban J connectivity index is 1.68. The molecule has 0 aliphatic carbocycles. The summed E-state index contributed by atoms with van der Waals surface area (Å²) in [4.78, 5) is 12.5. The number of nitrogens with zero attached hydrogens (tertiary/aromatic N) is 2. The molecule has 0 amide bonds. The number of ether oxygens (including phenoxy) is 2. The molecule has 0 fully saturated rings. The summed E-state index contributed by atoms with van der Waals surface area (Å²) < 4.78 is 12.4. The molecule has 1 aliphatic heterocycles. The lowest BCUT2D eigenvalue weighted by molar-refractivity contribution is 0.194. The van der Waals surface area contributed by atoms with Crippen molar-refractivity contribution >= 4 is 27.7 Å². The quantitative estimate of drug-likeness (QED) is 0.462. The van der Waals surface area contributed by atoms with E-state index in [9.17, 15) is 5.11 Å². The smallest absolute Gasteiger partial charge is 0.147 e. The highest BCUT2D eigenvalue weighted by atomic mass is 32.2. The lowest BCUT2D eigenvalue weighted by Crippen LogP contribution is -2.13. The number of pyridine rings is 1. The number of H-pyrrole nitrogens is 1. The molecule has 0 bridgehead atoms. The van der Waals surface area contributed by atoms with Crippen molar-refractivity contribution in [3.8, 4) is 17.2 Å². The number of aryl methyl sites for hydroxylation is 1. The van der Waals surface area contributed by atoms with Crippen LogP contribution in [-0.4, -0.2) is 44.6 Å². The predicted octanol–water partition coefficient (Wildman–Crippen LogP) is 5.48. The third-order valence-corrected chi connectivity index (χ3v) is 6.68. The Hall–Kier alpha value is -2.51. The minimum atomic E-state index is 0.137. The molecule has 4 rings (SSSR count). The number of hydrogen-bond donors (Lipinski definition) is 2. The molecule has 1 aliphatic rings. The van der Waals surface area contributed by atoms with Crippen LogP contribution in [0.25, 0.3) is 10.9 Å². The first-order chi connectivity index (χ1) is 15.1. The van der Waals surface area contributed by atoms with Crippen LogP contribution < -0.4 is 9.47 Å². The van der Waals surface area contributed by atoms with Crippen LogP contribution in [0.3, 0.4) is 0 Å². The van der Waals surface area contributed by atoms with E-state index in [0.29, 0.717) is 16.7 Å².